The molecule has 20 heavy (non-hydrogen) atoms. The van der Waals surface area contributed by atoms with Gasteiger partial charge in [0.25, 0.3) is 0 Å². The minimum absolute atomic E-state index is 0. The first kappa shape index (κ1) is 21.8. The average Bonchev–Trinajstić information content (AvgIpc) is 2.34. The quantitative estimate of drug-likeness (QED) is 0.375. The monoisotopic (exact) mass is 398 g/mol. The van der Waals surface area contributed by atoms with Crippen LogP contribution >= 0.6 is 24.0 Å². The Balaban J connectivity index is 0. The van der Waals surface area contributed by atoms with Crippen LogP contribution in [-0.4, -0.2) is 49.5 Å². The van der Waals surface area contributed by atoms with Gasteiger partial charge < -0.3 is 15.5 Å². The van der Waals surface area contributed by atoms with Crippen molar-refractivity contribution in [3.63, 3.8) is 0 Å². The number of carbonyl (C=O) groups excluding carboxylic acids is 1. The molecule has 0 aliphatic rings. The molecule has 0 fully saturated rings. The Kier molecular flexibility index (Phi) is 14.6. The summed E-state index contributed by atoms with van der Waals surface area (Å²) in [6.07, 6.45) is 2.75. The van der Waals surface area contributed by atoms with E-state index in [2.05, 4.69) is 34.4 Å². The molecule has 0 saturated heterocycles. The highest BCUT2D eigenvalue weighted by Crippen LogP contribution is 1.94. The molecule has 120 valence electrons. The molecule has 0 spiro atoms. The summed E-state index contributed by atoms with van der Waals surface area (Å²) in [5.41, 5.74) is 0. The molecule has 1 amide bonds. The van der Waals surface area contributed by atoms with Crippen LogP contribution in [0.5, 0.6) is 0 Å². The lowest BCUT2D eigenvalue weighted by molar-refractivity contribution is -0.121. The smallest absolute Gasteiger partial charge is 0.222 e. The molecular weight excluding hydrogens is 367 g/mol. The highest BCUT2D eigenvalue weighted by molar-refractivity contribution is 14.0. The number of rotatable bonds is 8. The topological polar surface area (TPSA) is 56.7 Å². The van der Waals surface area contributed by atoms with E-state index in [9.17, 15) is 4.79 Å². The van der Waals surface area contributed by atoms with Gasteiger partial charge in [-0.2, -0.15) is 0 Å². The summed E-state index contributed by atoms with van der Waals surface area (Å²) < 4.78 is 0. The van der Waals surface area contributed by atoms with E-state index in [1.807, 2.05) is 20.9 Å². The van der Waals surface area contributed by atoms with Crippen molar-refractivity contribution in [3.05, 3.63) is 0 Å². The van der Waals surface area contributed by atoms with Crippen molar-refractivity contribution < 1.29 is 4.79 Å². The second kappa shape index (κ2) is 13.5. The summed E-state index contributed by atoms with van der Waals surface area (Å²) in [7, 11) is 2.03. The van der Waals surface area contributed by atoms with E-state index >= 15 is 0 Å². The molecule has 0 aromatic heterocycles. The molecule has 0 aliphatic carbocycles. The molecule has 0 heterocycles. The molecule has 0 atom stereocenters. The van der Waals surface area contributed by atoms with Crippen LogP contribution in [0.1, 0.15) is 47.0 Å². The second-order valence-electron chi connectivity index (χ2n) is 4.98. The van der Waals surface area contributed by atoms with Gasteiger partial charge in [0.1, 0.15) is 0 Å². The Morgan fingerprint density at radius 1 is 1.30 bits per heavy atom. The maximum atomic E-state index is 11.5. The van der Waals surface area contributed by atoms with Crippen LogP contribution in [0, 0.1) is 0 Å². The highest BCUT2D eigenvalue weighted by atomic mass is 127. The van der Waals surface area contributed by atoms with Gasteiger partial charge in [-0.05, 0) is 27.2 Å². The van der Waals surface area contributed by atoms with Crippen LogP contribution in [-0.2, 0) is 4.79 Å². The Morgan fingerprint density at radius 2 is 1.95 bits per heavy atom. The largest absolute Gasteiger partial charge is 0.357 e. The Bertz CT molecular complexity index is 282. The van der Waals surface area contributed by atoms with E-state index in [-0.39, 0.29) is 35.9 Å². The van der Waals surface area contributed by atoms with Gasteiger partial charge in [0.05, 0.1) is 6.54 Å². The number of hydrogen-bond acceptors (Lipinski definition) is 2. The maximum absolute atomic E-state index is 11.5. The van der Waals surface area contributed by atoms with E-state index in [0.717, 1.165) is 25.5 Å². The predicted octanol–water partition coefficient (Wildman–Crippen LogP) is 2.22. The fraction of sp³-hybridized carbons (Fsp3) is 0.857. The molecule has 0 radical (unpaired) electrons. The zero-order valence-electron chi connectivity index (χ0n) is 13.5. The van der Waals surface area contributed by atoms with Crippen LogP contribution in [0.4, 0.5) is 0 Å². The maximum Gasteiger partial charge on any atom is 0.222 e. The zero-order chi connectivity index (χ0) is 14.7. The molecule has 2 N–H and O–H groups in total. The van der Waals surface area contributed by atoms with E-state index in [4.69, 9.17) is 0 Å². The van der Waals surface area contributed by atoms with Crippen LogP contribution in [0.3, 0.4) is 0 Å². The SMILES string of the molecule is CCCCN(C)C(=NCCC(=O)NC(C)C)NCC.I. The number of nitrogens with one attached hydrogen (secondary N) is 2. The third-order valence-electron chi connectivity index (χ3n) is 2.59. The summed E-state index contributed by atoms with van der Waals surface area (Å²) in [5, 5.41) is 6.12. The van der Waals surface area contributed by atoms with Gasteiger partial charge >= 0.3 is 0 Å². The van der Waals surface area contributed by atoms with Gasteiger partial charge in [0.2, 0.25) is 5.91 Å². The minimum atomic E-state index is 0. The van der Waals surface area contributed by atoms with Gasteiger partial charge in [-0.1, -0.05) is 13.3 Å². The molecular formula is C14H31IN4O. The Hall–Kier alpha value is -0.530. The van der Waals surface area contributed by atoms with Crippen LogP contribution in [0.2, 0.25) is 0 Å². The van der Waals surface area contributed by atoms with Gasteiger partial charge in [0.15, 0.2) is 5.96 Å². The van der Waals surface area contributed by atoms with Crippen molar-refractivity contribution in [3.8, 4) is 0 Å². The van der Waals surface area contributed by atoms with Gasteiger partial charge in [-0.3, -0.25) is 9.79 Å². The van der Waals surface area contributed by atoms with E-state index in [1.165, 1.54) is 6.42 Å². The molecule has 6 heteroatoms. The first-order valence-electron chi connectivity index (χ1n) is 7.30. The normalized spacial score (nSPS) is 11.0. The molecule has 0 aromatic carbocycles. The number of halogens is 1. The van der Waals surface area contributed by atoms with E-state index in [0.29, 0.717) is 13.0 Å². The number of guanidine groups is 1. The number of aliphatic imine (C=N–C) groups is 1. The average molecular weight is 398 g/mol. The number of hydrogen-bond donors (Lipinski definition) is 2. The van der Waals surface area contributed by atoms with Gasteiger partial charge in [0, 0.05) is 32.6 Å². The summed E-state index contributed by atoms with van der Waals surface area (Å²) in [6, 6.07) is 0.192. The third-order valence-corrected chi connectivity index (χ3v) is 2.59. The van der Waals surface area contributed by atoms with Crippen LogP contribution in [0.15, 0.2) is 4.99 Å². The molecule has 5 nitrogen and oxygen atoms in total. The fourth-order valence-electron chi connectivity index (χ4n) is 1.63. The molecule has 0 unspecified atom stereocenters. The van der Waals surface area contributed by atoms with Gasteiger partial charge in [-0.25, -0.2) is 0 Å². The first-order valence-corrected chi connectivity index (χ1v) is 7.30. The van der Waals surface area contributed by atoms with Crippen molar-refractivity contribution in [1.82, 2.24) is 15.5 Å². The summed E-state index contributed by atoms with van der Waals surface area (Å²) in [6.45, 7) is 10.5. The standard InChI is InChI=1S/C14H30N4O.HI/c1-6-8-11-18(5)14(15-7-2)16-10-9-13(19)17-12(3)4;/h12H,6-11H2,1-5H3,(H,15,16)(H,17,19);1H. The number of unbranched alkanes of at least 4 members (excludes halogenated alkanes) is 1. The third kappa shape index (κ3) is 11.3. The predicted molar refractivity (Wildman–Crippen MR) is 96.8 cm³/mol. The number of amides is 1. The van der Waals surface area contributed by atoms with Crippen molar-refractivity contribution in [1.29, 1.82) is 0 Å². The lowest BCUT2D eigenvalue weighted by Gasteiger charge is -2.21. The number of carbonyl (C=O) groups is 1. The van der Waals surface area contributed by atoms with E-state index < -0.39 is 0 Å². The molecule has 0 saturated carbocycles. The van der Waals surface area contributed by atoms with E-state index in [1.54, 1.807) is 0 Å². The van der Waals surface area contributed by atoms with Gasteiger partial charge in [-0.15, -0.1) is 24.0 Å². The van der Waals surface area contributed by atoms with Crippen molar-refractivity contribution >= 4 is 35.8 Å². The summed E-state index contributed by atoms with van der Waals surface area (Å²) in [4.78, 5) is 18.1. The first-order chi connectivity index (χ1) is 9.01. The highest BCUT2D eigenvalue weighted by Gasteiger charge is 2.06. The number of nitrogens with zero attached hydrogens (tertiary/aromatic N) is 2. The van der Waals surface area contributed by atoms with Crippen molar-refractivity contribution in [2.45, 2.75) is 53.0 Å². The summed E-state index contributed by atoms with van der Waals surface area (Å²) >= 11 is 0. The minimum Gasteiger partial charge on any atom is -0.357 e. The van der Waals surface area contributed by atoms with Crippen molar-refractivity contribution in [2.75, 3.05) is 26.7 Å². The lowest BCUT2D eigenvalue weighted by atomic mass is 10.3. The Morgan fingerprint density at radius 3 is 2.45 bits per heavy atom. The molecule has 0 rings (SSSR count). The molecule has 0 bridgehead atoms. The Labute approximate surface area is 141 Å². The molecule has 0 aromatic rings. The molecule has 0 aliphatic heterocycles. The van der Waals surface area contributed by atoms with Crippen LogP contribution < -0.4 is 10.6 Å². The second-order valence-corrected chi connectivity index (χ2v) is 4.98. The fourth-order valence-corrected chi connectivity index (χ4v) is 1.63. The van der Waals surface area contributed by atoms with Crippen LogP contribution in [0.25, 0.3) is 0 Å². The summed E-state index contributed by atoms with van der Waals surface area (Å²) in [5.74, 6) is 0.944. The zero-order valence-corrected chi connectivity index (χ0v) is 15.9. The van der Waals surface area contributed by atoms with Crippen molar-refractivity contribution in [2.24, 2.45) is 4.99 Å². The lowest BCUT2D eigenvalue weighted by Crippen LogP contribution is -2.39.